The summed E-state index contributed by atoms with van der Waals surface area (Å²) in [5, 5.41) is 5.12. The molecule has 1 unspecified atom stereocenters. The predicted molar refractivity (Wildman–Crippen MR) is 107 cm³/mol. The first-order valence-corrected chi connectivity index (χ1v) is 9.51. The molecule has 1 fully saturated rings. The van der Waals surface area contributed by atoms with Gasteiger partial charge in [0.15, 0.2) is 0 Å². The lowest BCUT2D eigenvalue weighted by molar-refractivity contribution is -0.128. The molecular weight excluding hydrogens is 393 g/mol. The van der Waals surface area contributed by atoms with E-state index in [0.29, 0.717) is 5.76 Å². The summed E-state index contributed by atoms with van der Waals surface area (Å²) >= 11 is 0. The number of rotatable bonds is 5. The number of nitrogens with one attached hydrogen (secondary N) is 2. The number of carbonyl (C=O) groups is 3. The Kier molecular flexibility index (Phi) is 6.09. The van der Waals surface area contributed by atoms with E-state index < -0.39 is 29.3 Å². The van der Waals surface area contributed by atoms with Crippen molar-refractivity contribution in [2.24, 2.45) is 5.92 Å². The quantitative estimate of drug-likeness (QED) is 0.772. The molecule has 2 N–H and O–H groups in total. The monoisotopic (exact) mass is 417 g/mol. The molecule has 2 heterocycles. The van der Waals surface area contributed by atoms with E-state index in [0.717, 1.165) is 12.1 Å². The molecule has 30 heavy (non-hydrogen) atoms. The standard InChI is InChI=1S/C21H24FN3O5/c1-21(2,3)30-20(28)24-16-7-6-14(22)10-17(16)23-19(27)13-9-18(26)25(11-13)12-15-5-4-8-29-15/h4-8,10,13H,9,11-12H2,1-3H3,(H,23,27)(H,24,28). The molecule has 0 radical (unpaired) electrons. The third-order valence-corrected chi connectivity index (χ3v) is 4.39. The van der Waals surface area contributed by atoms with Crippen molar-refractivity contribution in [2.45, 2.75) is 39.3 Å². The van der Waals surface area contributed by atoms with Crippen LogP contribution in [-0.4, -0.2) is 35.0 Å². The maximum Gasteiger partial charge on any atom is 0.412 e. The maximum atomic E-state index is 13.8. The molecule has 3 amide bonds. The molecule has 1 aromatic heterocycles. The lowest BCUT2D eigenvalue weighted by atomic mass is 10.1. The summed E-state index contributed by atoms with van der Waals surface area (Å²) in [6.07, 6.45) is 0.824. The summed E-state index contributed by atoms with van der Waals surface area (Å²) in [5.74, 6) is -1.17. The number of benzene rings is 1. The Morgan fingerprint density at radius 1 is 1.23 bits per heavy atom. The molecule has 1 aliphatic heterocycles. The van der Waals surface area contributed by atoms with Crippen molar-refractivity contribution in [3.63, 3.8) is 0 Å². The van der Waals surface area contributed by atoms with Gasteiger partial charge in [0, 0.05) is 13.0 Å². The van der Waals surface area contributed by atoms with Crippen LogP contribution in [0.2, 0.25) is 0 Å². The van der Waals surface area contributed by atoms with Crippen molar-refractivity contribution in [1.29, 1.82) is 0 Å². The number of hydrogen-bond acceptors (Lipinski definition) is 5. The fraction of sp³-hybridized carbons (Fsp3) is 0.381. The van der Waals surface area contributed by atoms with Gasteiger partial charge in [-0.1, -0.05) is 0 Å². The molecule has 0 bridgehead atoms. The van der Waals surface area contributed by atoms with Gasteiger partial charge in [0.05, 0.1) is 30.1 Å². The van der Waals surface area contributed by atoms with E-state index >= 15 is 0 Å². The van der Waals surface area contributed by atoms with Crippen molar-refractivity contribution in [2.75, 3.05) is 17.2 Å². The van der Waals surface area contributed by atoms with Gasteiger partial charge < -0.3 is 19.4 Å². The molecular formula is C21H24FN3O5. The van der Waals surface area contributed by atoms with Crippen LogP contribution >= 0.6 is 0 Å². The molecule has 0 saturated carbocycles. The van der Waals surface area contributed by atoms with Gasteiger partial charge in [-0.2, -0.15) is 0 Å². The third kappa shape index (κ3) is 5.59. The number of carbonyl (C=O) groups excluding carboxylic acids is 3. The molecule has 160 valence electrons. The number of amides is 3. The number of likely N-dealkylation sites (tertiary alicyclic amines) is 1. The van der Waals surface area contributed by atoms with Gasteiger partial charge in [0.1, 0.15) is 17.2 Å². The molecule has 8 nitrogen and oxygen atoms in total. The zero-order chi connectivity index (χ0) is 21.9. The van der Waals surface area contributed by atoms with Crippen molar-refractivity contribution >= 4 is 29.3 Å². The molecule has 1 saturated heterocycles. The average Bonchev–Trinajstić information content (AvgIpc) is 3.26. The summed E-state index contributed by atoms with van der Waals surface area (Å²) in [7, 11) is 0. The highest BCUT2D eigenvalue weighted by molar-refractivity contribution is 6.01. The summed E-state index contributed by atoms with van der Waals surface area (Å²) < 4.78 is 24.2. The van der Waals surface area contributed by atoms with Crippen LogP contribution in [0.15, 0.2) is 41.0 Å². The normalized spacial score (nSPS) is 16.5. The van der Waals surface area contributed by atoms with Crippen LogP contribution in [-0.2, 0) is 20.9 Å². The second kappa shape index (κ2) is 8.56. The minimum Gasteiger partial charge on any atom is -0.467 e. The fourth-order valence-electron chi connectivity index (χ4n) is 3.07. The van der Waals surface area contributed by atoms with E-state index in [1.807, 2.05) is 0 Å². The highest BCUT2D eigenvalue weighted by atomic mass is 19.1. The van der Waals surface area contributed by atoms with Crippen molar-refractivity contribution in [3.05, 3.63) is 48.2 Å². The zero-order valence-electron chi connectivity index (χ0n) is 17.0. The Bertz CT molecular complexity index is 937. The van der Waals surface area contributed by atoms with Crippen LogP contribution in [0.3, 0.4) is 0 Å². The van der Waals surface area contributed by atoms with Crippen molar-refractivity contribution in [3.8, 4) is 0 Å². The van der Waals surface area contributed by atoms with Gasteiger partial charge in [-0.25, -0.2) is 9.18 Å². The molecule has 2 aromatic rings. The van der Waals surface area contributed by atoms with Crippen molar-refractivity contribution in [1.82, 2.24) is 4.90 Å². The van der Waals surface area contributed by atoms with Gasteiger partial charge >= 0.3 is 6.09 Å². The first-order chi connectivity index (χ1) is 14.1. The molecule has 1 atom stereocenters. The largest absolute Gasteiger partial charge is 0.467 e. The van der Waals surface area contributed by atoms with Gasteiger partial charge in [-0.05, 0) is 51.1 Å². The zero-order valence-corrected chi connectivity index (χ0v) is 17.0. The Balaban J connectivity index is 1.66. The highest BCUT2D eigenvalue weighted by Crippen LogP contribution is 2.27. The Labute approximate surface area is 173 Å². The summed E-state index contributed by atoms with van der Waals surface area (Å²) in [5.41, 5.74) is -0.437. The summed E-state index contributed by atoms with van der Waals surface area (Å²) in [4.78, 5) is 38.5. The lowest BCUT2D eigenvalue weighted by Crippen LogP contribution is -2.29. The van der Waals surface area contributed by atoms with Crippen LogP contribution in [0, 0.1) is 11.7 Å². The maximum absolute atomic E-state index is 13.8. The van der Waals surface area contributed by atoms with Crippen LogP contribution in [0.4, 0.5) is 20.6 Å². The summed E-state index contributed by atoms with van der Waals surface area (Å²) in [6.45, 7) is 5.64. The third-order valence-electron chi connectivity index (χ3n) is 4.39. The van der Waals surface area contributed by atoms with E-state index in [9.17, 15) is 18.8 Å². The molecule has 0 spiro atoms. The van der Waals surface area contributed by atoms with Crippen LogP contribution < -0.4 is 10.6 Å². The van der Waals surface area contributed by atoms with E-state index in [1.54, 1.807) is 32.9 Å². The van der Waals surface area contributed by atoms with E-state index in [4.69, 9.17) is 9.15 Å². The number of nitrogens with zero attached hydrogens (tertiary/aromatic N) is 1. The fourth-order valence-corrected chi connectivity index (χ4v) is 3.07. The number of anilines is 2. The van der Waals surface area contributed by atoms with Gasteiger partial charge in [-0.15, -0.1) is 0 Å². The molecule has 1 aromatic carbocycles. The second-order valence-corrected chi connectivity index (χ2v) is 8.06. The molecule has 1 aliphatic rings. The number of halogens is 1. The van der Waals surface area contributed by atoms with E-state index in [-0.39, 0.29) is 36.8 Å². The van der Waals surface area contributed by atoms with E-state index in [2.05, 4.69) is 10.6 Å². The average molecular weight is 417 g/mol. The molecule has 9 heteroatoms. The first kappa shape index (κ1) is 21.4. The topological polar surface area (TPSA) is 101 Å². The first-order valence-electron chi connectivity index (χ1n) is 9.51. The van der Waals surface area contributed by atoms with Crippen molar-refractivity contribution < 1.29 is 27.9 Å². The summed E-state index contributed by atoms with van der Waals surface area (Å²) in [6, 6.07) is 7.07. The van der Waals surface area contributed by atoms with Crippen LogP contribution in [0.5, 0.6) is 0 Å². The van der Waals surface area contributed by atoms with Crippen LogP contribution in [0.1, 0.15) is 33.0 Å². The van der Waals surface area contributed by atoms with Gasteiger partial charge in [0.25, 0.3) is 0 Å². The smallest absolute Gasteiger partial charge is 0.412 e. The predicted octanol–water partition coefficient (Wildman–Crippen LogP) is 3.75. The second-order valence-electron chi connectivity index (χ2n) is 8.06. The van der Waals surface area contributed by atoms with Gasteiger partial charge in [-0.3, -0.25) is 14.9 Å². The molecule has 0 aliphatic carbocycles. The Morgan fingerprint density at radius 3 is 2.67 bits per heavy atom. The lowest BCUT2D eigenvalue weighted by Gasteiger charge is -2.21. The highest BCUT2D eigenvalue weighted by Gasteiger charge is 2.35. The number of furan rings is 1. The minimum atomic E-state index is -0.731. The minimum absolute atomic E-state index is 0.0384. The van der Waals surface area contributed by atoms with E-state index in [1.165, 1.54) is 17.2 Å². The van der Waals surface area contributed by atoms with Crippen LogP contribution in [0.25, 0.3) is 0 Å². The number of hydrogen-bond donors (Lipinski definition) is 2. The van der Waals surface area contributed by atoms with Gasteiger partial charge in [0.2, 0.25) is 11.8 Å². The number of ether oxygens (including phenoxy) is 1. The SMILES string of the molecule is CC(C)(C)OC(=O)Nc1ccc(F)cc1NC(=O)C1CC(=O)N(Cc2ccco2)C1. The molecule has 3 rings (SSSR count). The Morgan fingerprint density at radius 2 is 2.00 bits per heavy atom. The Hall–Kier alpha value is -3.36.